The normalized spacial score (nSPS) is 16.7. The molecular formula is C19H20Cl2N2O2. The number of nitrogens with zero attached hydrogens (tertiary/aromatic N) is 1. The van der Waals surface area contributed by atoms with Crippen LogP contribution in [0.2, 0.25) is 10.0 Å². The maximum atomic E-state index is 11.9. The molecule has 25 heavy (non-hydrogen) atoms. The molecule has 0 saturated carbocycles. The minimum absolute atomic E-state index is 0.00918. The number of ether oxygens (including phenoxy) is 1. The molecule has 0 aliphatic carbocycles. The molecule has 1 heterocycles. The zero-order valence-corrected chi connectivity index (χ0v) is 15.3. The van der Waals surface area contributed by atoms with Gasteiger partial charge in [0.05, 0.1) is 0 Å². The second-order valence-corrected chi connectivity index (χ2v) is 7.00. The van der Waals surface area contributed by atoms with Crippen LogP contribution >= 0.6 is 23.2 Å². The summed E-state index contributed by atoms with van der Waals surface area (Å²) in [5.74, 6) is 0.962. The van der Waals surface area contributed by atoms with Crippen LogP contribution in [-0.4, -0.2) is 32.1 Å². The quantitative estimate of drug-likeness (QED) is 0.825. The number of halogens is 2. The Bertz CT molecular complexity index is 704. The van der Waals surface area contributed by atoms with Gasteiger partial charge in [0.25, 0.3) is 5.91 Å². The highest BCUT2D eigenvalue weighted by Gasteiger charge is 2.23. The first-order valence-electron chi connectivity index (χ1n) is 8.26. The van der Waals surface area contributed by atoms with Crippen LogP contribution in [0.15, 0.2) is 48.5 Å². The zero-order valence-electron chi connectivity index (χ0n) is 13.8. The van der Waals surface area contributed by atoms with Gasteiger partial charge in [-0.05, 0) is 60.9 Å². The third-order valence-corrected chi connectivity index (χ3v) is 4.75. The molecule has 1 aliphatic heterocycles. The van der Waals surface area contributed by atoms with Gasteiger partial charge in [0, 0.05) is 35.4 Å². The van der Waals surface area contributed by atoms with E-state index in [-0.39, 0.29) is 12.5 Å². The van der Waals surface area contributed by atoms with Crippen LogP contribution in [0.25, 0.3) is 0 Å². The smallest absolute Gasteiger partial charge is 0.257 e. The van der Waals surface area contributed by atoms with Crippen molar-refractivity contribution in [1.29, 1.82) is 0 Å². The van der Waals surface area contributed by atoms with E-state index in [1.54, 1.807) is 24.3 Å². The summed E-state index contributed by atoms with van der Waals surface area (Å²) in [6.45, 7) is 2.59. The number of nitrogens with one attached hydrogen (secondary N) is 1. The van der Waals surface area contributed by atoms with Crippen molar-refractivity contribution in [3.8, 4) is 5.75 Å². The molecule has 1 aliphatic rings. The number of hydrogen-bond donors (Lipinski definition) is 1. The predicted octanol–water partition coefficient (Wildman–Crippen LogP) is 4.01. The van der Waals surface area contributed by atoms with Crippen molar-refractivity contribution >= 4 is 34.8 Å². The fourth-order valence-corrected chi connectivity index (χ4v) is 3.13. The van der Waals surface area contributed by atoms with Crippen LogP contribution in [0, 0.1) is 5.92 Å². The number of amides is 1. The maximum absolute atomic E-state index is 11.9. The van der Waals surface area contributed by atoms with Gasteiger partial charge in [-0.25, -0.2) is 0 Å². The molecule has 1 amide bonds. The third-order valence-electron chi connectivity index (χ3n) is 4.25. The van der Waals surface area contributed by atoms with E-state index in [0.29, 0.717) is 23.2 Å². The number of rotatable bonds is 6. The van der Waals surface area contributed by atoms with E-state index in [0.717, 1.165) is 24.5 Å². The monoisotopic (exact) mass is 378 g/mol. The van der Waals surface area contributed by atoms with Crippen molar-refractivity contribution in [2.45, 2.75) is 6.42 Å². The van der Waals surface area contributed by atoms with E-state index >= 15 is 0 Å². The van der Waals surface area contributed by atoms with Gasteiger partial charge in [0.1, 0.15) is 5.75 Å². The summed E-state index contributed by atoms with van der Waals surface area (Å²) >= 11 is 11.7. The molecule has 6 heteroatoms. The molecule has 4 nitrogen and oxygen atoms in total. The van der Waals surface area contributed by atoms with Gasteiger partial charge in [-0.3, -0.25) is 4.79 Å². The maximum Gasteiger partial charge on any atom is 0.257 e. The number of carbonyl (C=O) groups excluding carboxylic acids is 1. The minimum atomic E-state index is -0.111. The van der Waals surface area contributed by atoms with Crippen LogP contribution in [0.1, 0.15) is 6.42 Å². The highest BCUT2D eigenvalue weighted by molar-refractivity contribution is 6.30. The highest BCUT2D eigenvalue weighted by Crippen LogP contribution is 2.24. The topological polar surface area (TPSA) is 41.6 Å². The summed E-state index contributed by atoms with van der Waals surface area (Å²) in [6, 6.07) is 14.8. The van der Waals surface area contributed by atoms with E-state index < -0.39 is 0 Å². The second-order valence-electron chi connectivity index (χ2n) is 6.12. The minimum Gasteiger partial charge on any atom is -0.484 e. The van der Waals surface area contributed by atoms with Gasteiger partial charge in [0.15, 0.2) is 6.61 Å². The lowest BCUT2D eigenvalue weighted by molar-refractivity contribution is -0.123. The number of benzene rings is 2. The van der Waals surface area contributed by atoms with Gasteiger partial charge >= 0.3 is 0 Å². The molecule has 1 saturated heterocycles. The first-order valence-corrected chi connectivity index (χ1v) is 9.01. The average molecular weight is 379 g/mol. The van der Waals surface area contributed by atoms with E-state index in [9.17, 15) is 4.79 Å². The molecule has 3 rings (SSSR count). The van der Waals surface area contributed by atoms with Crippen molar-refractivity contribution in [2.75, 3.05) is 31.1 Å². The van der Waals surface area contributed by atoms with Crippen molar-refractivity contribution in [3.05, 3.63) is 58.6 Å². The SMILES string of the molecule is O=C(COc1ccc(Cl)cc1)NCC1CCN(c2ccc(Cl)cc2)C1. The highest BCUT2D eigenvalue weighted by atomic mass is 35.5. The average Bonchev–Trinajstić information content (AvgIpc) is 3.09. The van der Waals surface area contributed by atoms with Crippen LogP contribution in [-0.2, 0) is 4.79 Å². The van der Waals surface area contributed by atoms with Crippen molar-refractivity contribution in [1.82, 2.24) is 5.32 Å². The lowest BCUT2D eigenvalue weighted by Gasteiger charge is -2.19. The standard InChI is InChI=1S/C19H20Cl2N2O2/c20-15-1-5-17(6-2-15)23-10-9-14(12-23)11-22-19(24)13-25-18-7-3-16(21)4-8-18/h1-8,14H,9-13H2,(H,22,24). The third kappa shape index (κ3) is 5.28. The molecular weight excluding hydrogens is 359 g/mol. The summed E-state index contributed by atoms with van der Waals surface area (Å²) in [4.78, 5) is 14.3. The summed E-state index contributed by atoms with van der Waals surface area (Å²) in [6.07, 6.45) is 1.06. The van der Waals surface area contributed by atoms with Crippen LogP contribution in [0.5, 0.6) is 5.75 Å². The fraction of sp³-hybridized carbons (Fsp3) is 0.316. The van der Waals surface area contributed by atoms with Crippen LogP contribution < -0.4 is 15.0 Å². The lowest BCUT2D eigenvalue weighted by atomic mass is 10.1. The molecule has 1 N–H and O–H groups in total. The Morgan fingerprint density at radius 2 is 1.72 bits per heavy atom. The first-order chi connectivity index (χ1) is 12.1. The molecule has 0 radical (unpaired) electrons. The molecule has 0 aromatic heterocycles. The van der Waals surface area contributed by atoms with Gasteiger partial charge < -0.3 is 15.0 Å². The molecule has 1 fully saturated rings. The van der Waals surface area contributed by atoms with Crippen LogP contribution in [0.3, 0.4) is 0 Å². The molecule has 0 bridgehead atoms. The van der Waals surface area contributed by atoms with Crippen LogP contribution in [0.4, 0.5) is 5.69 Å². The largest absolute Gasteiger partial charge is 0.484 e. The van der Waals surface area contributed by atoms with Gasteiger partial charge in [-0.1, -0.05) is 23.2 Å². The van der Waals surface area contributed by atoms with E-state index in [2.05, 4.69) is 10.2 Å². The summed E-state index contributed by atoms with van der Waals surface area (Å²) in [5.41, 5.74) is 1.17. The Hall–Kier alpha value is -1.91. The van der Waals surface area contributed by atoms with Gasteiger partial charge in [-0.2, -0.15) is 0 Å². The lowest BCUT2D eigenvalue weighted by Crippen LogP contribution is -2.34. The van der Waals surface area contributed by atoms with E-state index in [4.69, 9.17) is 27.9 Å². The molecule has 1 unspecified atom stereocenters. The Labute approximate surface area is 157 Å². The first kappa shape index (κ1) is 17.9. The zero-order chi connectivity index (χ0) is 17.6. The number of carbonyl (C=O) groups is 1. The number of hydrogen-bond acceptors (Lipinski definition) is 3. The molecule has 2 aromatic rings. The molecule has 132 valence electrons. The molecule has 0 spiro atoms. The van der Waals surface area contributed by atoms with Crippen molar-refractivity contribution < 1.29 is 9.53 Å². The van der Waals surface area contributed by atoms with Gasteiger partial charge in [-0.15, -0.1) is 0 Å². The van der Waals surface area contributed by atoms with Crippen molar-refractivity contribution in [3.63, 3.8) is 0 Å². The summed E-state index contributed by atoms with van der Waals surface area (Å²) in [7, 11) is 0. The Balaban J connectivity index is 1.39. The summed E-state index contributed by atoms with van der Waals surface area (Å²) < 4.78 is 5.45. The second kappa shape index (κ2) is 8.45. The Morgan fingerprint density at radius 1 is 1.08 bits per heavy atom. The van der Waals surface area contributed by atoms with E-state index in [1.807, 2.05) is 24.3 Å². The summed E-state index contributed by atoms with van der Waals surface area (Å²) in [5, 5.41) is 4.33. The van der Waals surface area contributed by atoms with E-state index in [1.165, 1.54) is 5.69 Å². The molecule has 2 aromatic carbocycles. The predicted molar refractivity (Wildman–Crippen MR) is 102 cm³/mol. The number of anilines is 1. The Kier molecular flexibility index (Phi) is 6.05. The van der Waals surface area contributed by atoms with Crippen molar-refractivity contribution in [2.24, 2.45) is 5.92 Å². The Morgan fingerprint density at radius 3 is 2.40 bits per heavy atom. The van der Waals surface area contributed by atoms with Gasteiger partial charge in [0.2, 0.25) is 0 Å². The fourth-order valence-electron chi connectivity index (χ4n) is 2.87. The molecule has 1 atom stereocenters.